The Morgan fingerprint density at radius 3 is 2.72 bits per heavy atom. The first-order chi connectivity index (χ1) is 12.2. The molecule has 2 rings (SSSR count). The minimum absolute atomic E-state index is 0.182. The topological polar surface area (TPSA) is 76.5 Å². The van der Waals surface area contributed by atoms with Crippen LogP contribution >= 0.6 is 0 Å². The van der Waals surface area contributed by atoms with Crippen molar-refractivity contribution in [1.82, 2.24) is 14.5 Å². The SMILES string of the molecule is CCOC(=O)CCN(CCCn1ccnc1)C(=O)Nc1ccccc1. The van der Waals surface area contributed by atoms with Gasteiger partial charge in [0.05, 0.1) is 19.4 Å². The highest BCUT2D eigenvalue weighted by atomic mass is 16.5. The summed E-state index contributed by atoms with van der Waals surface area (Å²) in [6, 6.07) is 9.04. The number of anilines is 1. The van der Waals surface area contributed by atoms with Gasteiger partial charge in [0.2, 0.25) is 0 Å². The molecule has 0 aliphatic rings. The maximum Gasteiger partial charge on any atom is 0.321 e. The maximum absolute atomic E-state index is 12.5. The van der Waals surface area contributed by atoms with E-state index >= 15 is 0 Å². The number of rotatable bonds is 9. The molecular formula is C18H24N4O3. The molecule has 134 valence electrons. The van der Waals surface area contributed by atoms with Crippen LogP contribution in [0.1, 0.15) is 19.8 Å². The highest BCUT2D eigenvalue weighted by Crippen LogP contribution is 2.08. The molecule has 1 N–H and O–H groups in total. The van der Waals surface area contributed by atoms with E-state index in [1.54, 1.807) is 24.3 Å². The zero-order valence-electron chi connectivity index (χ0n) is 14.4. The third-order valence-electron chi connectivity index (χ3n) is 3.61. The van der Waals surface area contributed by atoms with E-state index in [0.29, 0.717) is 19.7 Å². The Balaban J connectivity index is 1.89. The highest BCUT2D eigenvalue weighted by molar-refractivity contribution is 5.89. The molecule has 0 radical (unpaired) electrons. The molecule has 0 atom stereocenters. The van der Waals surface area contributed by atoms with Crippen molar-refractivity contribution in [3.8, 4) is 0 Å². The quantitative estimate of drug-likeness (QED) is 0.710. The molecule has 0 aliphatic heterocycles. The Hall–Kier alpha value is -2.83. The van der Waals surface area contributed by atoms with Crippen molar-refractivity contribution in [3.63, 3.8) is 0 Å². The first-order valence-corrected chi connectivity index (χ1v) is 8.41. The molecule has 1 aromatic heterocycles. The number of aryl methyl sites for hydroxylation is 1. The molecule has 2 amide bonds. The van der Waals surface area contributed by atoms with Crippen LogP contribution < -0.4 is 5.32 Å². The number of nitrogens with one attached hydrogen (secondary N) is 1. The number of esters is 1. The number of ether oxygens (including phenoxy) is 1. The van der Waals surface area contributed by atoms with Crippen LogP contribution in [0.25, 0.3) is 0 Å². The number of hydrogen-bond donors (Lipinski definition) is 1. The molecular weight excluding hydrogens is 320 g/mol. The number of imidazole rings is 1. The van der Waals surface area contributed by atoms with Crippen LogP contribution in [0, 0.1) is 0 Å². The van der Waals surface area contributed by atoms with Crippen LogP contribution in [-0.4, -0.2) is 46.1 Å². The van der Waals surface area contributed by atoms with Crippen molar-refractivity contribution >= 4 is 17.7 Å². The van der Waals surface area contributed by atoms with E-state index in [2.05, 4.69) is 10.3 Å². The molecule has 0 fully saturated rings. The predicted molar refractivity (Wildman–Crippen MR) is 95.1 cm³/mol. The number of nitrogens with zero attached hydrogens (tertiary/aromatic N) is 3. The van der Waals surface area contributed by atoms with Gasteiger partial charge in [0.25, 0.3) is 0 Å². The van der Waals surface area contributed by atoms with E-state index in [1.165, 1.54) is 0 Å². The number of hydrogen-bond acceptors (Lipinski definition) is 4. The Morgan fingerprint density at radius 2 is 2.04 bits per heavy atom. The molecule has 7 heteroatoms. The van der Waals surface area contributed by atoms with E-state index in [1.807, 2.05) is 41.1 Å². The maximum atomic E-state index is 12.5. The molecule has 0 saturated heterocycles. The number of benzene rings is 1. The first kappa shape index (κ1) is 18.5. The van der Waals surface area contributed by atoms with Crippen LogP contribution in [0.4, 0.5) is 10.5 Å². The summed E-state index contributed by atoms with van der Waals surface area (Å²) in [6.07, 6.45) is 6.29. The summed E-state index contributed by atoms with van der Waals surface area (Å²) in [5.74, 6) is -0.297. The highest BCUT2D eigenvalue weighted by Gasteiger charge is 2.15. The van der Waals surface area contributed by atoms with Gasteiger partial charge in [-0.1, -0.05) is 18.2 Å². The zero-order chi connectivity index (χ0) is 17.9. The Morgan fingerprint density at radius 1 is 1.24 bits per heavy atom. The van der Waals surface area contributed by atoms with Gasteiger partial charge in [0.1, 0.15) is 0 Å². The second-order valence-corrected chi connectivity index (χ2v) is 5.49. The van der Waals surface area contributed by atoms with Crippen LogP contribution in [0.3, 0.4) is 0 Å². The minimum atomic E-state index is -0.297. The third kappa shape index (κ3) is 6.66. The predicted octanol–water partition coefficient (Wildman–Crippen LogP) is 2.76. The monoisotopic (exact) mass is 344 g/mol. The van der Waals surface area contributed by atoms with Gasteiger partial charge in [-0.2, -0.15) is 0 Å². The molecule has 0 saturated carbocycles. The van der Waals surface area contributed by atoms with Crippen LogP contribution in [0.5, 0.6) is 0 Å². The van der Waals surface area contributed by atoms with Gasteiger partial charge in [-0.05, 0) is 25.5 Å². The van der Waals surface area contributed by atoms with Crippen molar-refractivity contribution in [3.05, 3.63) is 49.1 Å². The lowest BCUT2D eigenvalue weighted by Gasteiger charge is -2.23. The van der Waals surface area contributed by atoms with Gasteiger partial charge < -0.3 is 19.5 Å². The number of carbonyl (C=O) groups excluding carboxylic acids is 2. The zero-order valence-corrected chi connectivity index (χ0v) is 14.4. The summed E-state index contributed by atoms with van der Waals surface area (Å²) in [4.78, 5) is 29.8. The molecule has 0 unspecified atom stereocenters. The number of amides is 2. The lowest BCUT2D eigenvalue weighted by molar-refractivity contribution is -0.143. The van der Waals surface area contributed by atoms with E-state index < -0.39 is 0 Å². The van der Waals surface area contributed by atoms with E-state index in [0.717, 1.165) is 18.7 Å². The Labute approximate surface area is 147 Å². The molecule has 0 bridgehead atoms. The standard InChI is InChI=1S/C18H24N4O3/c1-2-25-17(23)9-13-22(12-6-11-21-14-10-19-15-21)18(24)20-16-7-4-3-5-8-16/h3-5,7-8,10,14-15H,2,6,9,11-13H2,1H3,(H,20,24). The third-order valence-corrected chi connectivity index (χ3v) is 3.61. The average Bonchev–Trinajstić information content (AvgIpc) is 3.12. The smallest absolute Gasteiger partial charge is 0.321 e. The molecule has 25 heavy (non-hydrogen) atoms. The number of para-hydroxylation sites is 1. The molecule has 2 aromatic rings. The first-order valence-electron chi connectivity index (χ1n) is 8.41. The largest absolute Gasteiger partial charge is 0.466 e. The van der Waals surface area contributed by atoms with Gasteiger partial charge in [-0.3, -0.25) is 4.79 Å². The Kier molecular flexibility index (Phi) is 7.49. The van der Waals surface area contributed by atoms with Crippen molar-refractivity contribution in [2.75, 3.05) is 25.0 Å². The molecule has 7 nitrogen and oxygen atoms in total. The van der Waals surface area contributed by atoms with Crippen LogP contribution in [-0.2, 0) is 16.1 Å². The summed E-state index contributed by atoms with van der Waals surface area (Å²) < 4.78 is 6.90. The van der Waals surface area contributed by atoms with Gasteiger partial charge in [0.15, 0.2) is 0 Å². The fourth-order valence-corrected chi connectivity index (χ4v) is 2.36. The van der Waals surface area contributed by atoms with E-state index in [-0.39, 0.29) is 18.4 Å². The minimum Gasteiger partial charge on any atom is -0.466 e. The molecule has 1 heterocycles. The fourth-order valence-electron chi connectivity index (χ4n) is 2.36. The molecule has 0 aliphatic carbocycles. The number of urea groups is 1. The lowest BCUT2D eigenvalue weighted by atomic mass is 10.3. The average molecular weight is 344 g/mol. The lowest BCUT2D eigenvalue weighted by Crippen LogP contribution is -2.37. The van der Waals surface area contributed by atoms with Gasteiger partial charge >= 0.3 is 12.0 Å². The normalized spacial score (nSPS) is 10.3. The van der Waals surface area contributed by atoms with Crippen LogP contribution in [0.15, 0.2) is 49.1 Å². The van der Waals surface area contributed by atoms with Crippen molar-refractivity contribution in [2.45, 2.75) is 26.3 Å². The summed E-state index contributed by atoms with van der Waals surface area (Å²) >= 11 is 0. The van der Waals surface area contributed by atoms with Gasteiger partial charge in [-0.15, -0.1) is 0 Å². The van der Waals surface area contributed by atoms with Crippen molar-refractivity contribution in [1.29, 1.82) is 0 Å². The molecule has 1 aromatic carbocycles. The van der Waals surface area contributed by atoms with Gasteiger partial charge in [0, 0.05) is 37.7 Å². The summed E-state index contributed by atoms with van der Waals surface area (Å²) in [6.45, 7) is 3.73. The van der Waals surface area contributed by atoms with Crippen LogP contribution in [0.2, 0.25) is 0 Å². The number of carbonyl (C=O) groups is 2. The second kappa shape index (κ2) is 10.1. The van der Waals surface area contributed by atoms with Crippen molar-refractivity contribution in [2.24, 2.45) is 0 Å². The van der Waals surface area contributed by atoms with Gasteiger partial charge in [-0.25, -0.2) is 9.78 Å². The van der Waals surface area contributed by atoms with E-state index in [9.17, 15) is 9.59 Å². The number of aromatic nitrogens is 2. The summed E-state index contributed by atoms with van der Waals surface area (Å²) in [7, 11) is 0. The fraction of sp³-hybridized carbons (Fsp3) is 0.389. The van der Waals surface area contributed by atoms with E-state index in [4.69, 9.17) is 4.74 Å². The van der Waals surface area contributed by atoms with Crippen molar-refractivity contribution < 1.29 is 14.3 Å². The summed E-state index contributed by atoms with van der Waals surface area (Å²) in [5, 5.41) is 2.86. The second-order valence-electron chi connectivity index (χ2n) is 5.49. The Bertz CT molecular complexity index is 644. The summed E-state index contributed by atoms with van der Waals surface area (Å²) in [5.41, 5.74) is 0.725. The molecule has 0 spiro atoms.